The number of nitrogens with zero attached hydrogens (tertiary/aromatic N) is 3. The average Bonchev–Trinajstić information content (AvgIpc) is 3.02. The van der Waals surface area contributed by atoms with Crippen LogP contribution in [0.5, 0.6) is 0 Å². The number of carbonyl (C=O) groups excluding carboxylic acids is 1. The van der Waals surface area contributed by atoms with Crippen LogP contribution in [0.3, 0.4) is 0 Å². The average molecular weight is 290 g/mol. The van der Waals surface area contributed by atoms with Crippen molar-refractivity contribution in [1.82, 2.24) is 19.8 Å². The van der Waals surface area contributed by atoms with Gasteiger partial charge in [0.25, 0.3) is 0 Å². The highest BCUT2D eigenvalue weighted by molar-refractivity contribution is 5.89. The molecule has 2 aliphatic rings. The minimum absolute atomic E-state index is 0.0675. The molecule has 116 valence electrons. The summed E-state index contributed by atoms with van der Waals surface area (Å²) in [5, 5.41) is 3.65. The summed E-state index contributed by atoms with van der Waals surface area (Å²) in [6.45, 7) is 2.99. The van der Waals surface area contributed by atoms with Crippen molar-refractivity contribution in [2.45, 2.75) is 63.6 Å². The fourth-order valence-corrected chi connectivity index (χ4v) is 3.71. The van der Waals surface area contributed by atoms with Crippen LogP contribution >= 0.6 is 0 Å². The zero-order valence-corrected chi connectivity index (χ0v) is 13.1. The normalized spacial score (nSPS) is 25.0. The Morgan fingerprint density at radius 3 is 2.76 bits per heavy atom. The first-order valence-corrected chi connectivity index (χ1v) is 8.24. The van der Waals surface area contributed by atoms with E-state index in [9.17, 15) is 4.79 Å². The molecule has 1 aromatic heterocycles. The summed E-state index contributed by atoms with van der Waals surface area (Å²) in [4.78, 5) is 19.5. The summed E-state index contributed by atoms with van der Waals surface area (Å²) >= 11 is 0. The molecule has 0 bridgehead atoms. The second-order valence-corrected chi connectivity index (χ2v) is 6.44. The number of nitrogens with one attached hydrogen (secondary N) is 1. The van der Waals surface area contributed by atoms with Crippen LogP contribution in [0, 0.1) is 0 Å². The van der Waals surface area contributed by atoms with Gasteiger partial charge in [0.15, 0.2) is 0 Å². The Kier molecular flexibility index (Phi) is 4.02. The number of rotatable bonds is 4. The van der Waals surface area contributed by atoms with Gasteiger partial charge in [-0.3, -0.25) is 10.1 Å². The number of hydrogen-bond donors (Lipinski definition) is 1. The van der Waals surface area contributed by atoms with Crippen LogP contribution in [0.15, 0.2) is 12.4 Å². The highest BCUT2D eigenvalue weighted by Crippen LogP contribution is 2.39. The van der Waals surface area contributed by atoms with Crippen molar-refractivity contribution in [2.75, 3.05) is 6.54 Å². The minimum Gasteiger partial charge on any atom is -0.335 e. The van der Waals surface area contributed by atoms with E-state index in [1.165, 1.54) is 6.42 Å². The van der Waals surface area contributed by atoms with Crippen molar-refractivity contribution in [3.8, 4) is 0 Å². The van der Waals surface area contributed by atoms with Gasteiger partial charge in [-0.2, -0.15) is 0 Å². The third kappa shape index (κ3) is 2.48. The molecule has 1 aliphatic heterocycles. The molecule has 1 amide bonds. The van der Waals surface area contributed by atoms with Crippen LogP contribution in [0.2, 0.25) is 0 Å². The number of hydrogen-bond acceptors (Lipinski definition) is 3. The second-order valence-electron chi connectivity index (χ2n) is 6.44. The second kappa shape index (κ2) is 5.79. The molecule has 5 nitrogen and oxygen atoms in total. The monoisotopic (exact) mass is 290 g/mol. The third-order valence-corrected chi connectivity index (χ3v) is 4.96. The van der Waals surface area contributed by atoms with Gasteiger partial charge in [0, 0.05) is 26.0 Å². The molecular weight excluding hydrogens is 264 g/mol. The topological polar surface area (TPSA) is 50.2 Å². The van der Waals surface area contributed by atoms with Gasteiger partial charge in [-0.1, -0.05) is 32.6 Å². The summed E-state index contributed by atoms with van der Waals surface area (Å²) in [5.41, 5.74) is -0.331. The van der Waals surface area contributed by atoms with E-state index >= 15 is 0 Å². The van der Waals surface area contributed by atoms with Crippen molar-refractivity contribution in [3.05, 3.63) is 18.2 Å². The summed E-state index contributed by atoms with van der Waals surface area (Å²) in [5.74, 6) is 1.24. The van der Waals surface area contributed by atoms with E-state index in [4.69, 9.17) is 0 Å². The number of carbonyl (C=O) groups is 1. The lowest BCUT2D eigenvalue weighted by Gasteiger charge is -2.31. The van der Waals surface area contributed by atoms with Gasteiger partial charge >= 0.3 is 0 Å². The highest BCUT2D eigenvalue weighted by Gasteiger charge is 2.52. The zero-order chi connectivity index (χ0) is 14.9. The van der Waals surface area contributed by atoms with Crippen molar-refractivity contribution in [3.63, 3.8) is 0 Å². The quantitative estimate of drug-likeness (QED) is 0.926. The summed E-state index contributed by atoms with van der Waals surface area (Å²) in [6, 6.07) is 0. The zero-order valence-electron chi connectivity index (χ0n) is 13.1. The van der Waals surface area contributed by atoms with Gasteiger partial charge < -0.3 is 9.47 Å². The van der Waals surface area contributed by atoms with Crippen LogP contribution in [-0.2, 0) is 11.8 Å². The van der Waals surface area contributed by atoms with Crippen LogP contribution in [0.1, 0.15) is 63.9 Å². The molecule has 1 unspecified atom stereocenters. The van der Waals surface area contributed by atoms with Gasteiger partial charge in [0.05, 0.1) is 5.54 Å². The van der Waals surface area contributed by atoms with Crippen LogP contribution in [0.4, 0.5) is 0 Å². The van der Waals surface area contributed by atoms with E-state index in [0.29, 0.717) is 5.91 Å². The maximum atomic E-state index is 13.0. The smallest absolute Gasteiger partial charge is 0.244 e. The van der Waals surface area contributed by atoms with Crippen LogP contribution in [0.25, 0.3) is 0 Å². The molecule has 2 fully saturated rings. The van der Waals surface area contributed by atoms with E-state index in [1.807, 2.05) is 28.9 Å². The molecule has 0 radical (unpaired) electrons. The Balaban J connectivity index is 1.89. The van der Waals surface area contributed by atoms with Gasteiger partial charge in [-0.15, -0.1) is 0 Å². The van der Waals surface area contributed by atoms with Gasteiger partial charge in [-0.05, 0) is 19.3 Å². The number of aromatic nitrogens is 2. The molecule has 1 aromatic rings. The largest absolute Gasteiger partial charge is 0.335 e. The number of amides is 1. The lowest BCUT2D eigenvalue weighted by atomic mass is 9.81. The number of imidazole rings is 1. The van der Waals surface area contributed by atoms with Crippen molar-refractivity contribution in [1.29, 1.82) is 0 Å². The number of unbranched alkanes of at least 4 members (excludes halogenated alkanes) is 1. The highest BCUT2D eigenvalue weighted by atomic mass is 16.2. The summed E-state index contributed by atoms with van der Waals surface area (Å²) in [6.07, 6.45) is 11.3. The molecule has 1 aliphatic carbocycles. The Hall–Kier alpha value is -1.36. The summed E-state index contributed by atoms with van der Waals surface area (Å²) in [7, 11) is 2.00. The summed E-state index contributed by atoms with van der Waals surface area (Å²) < 4.78 is 2.02. The predicted octanol–water partition coefficient (Wildman–Crippen LogP) is 2.35. The Labute approximate surface area is 126 Å². The maximum Gasteiger partial charge on any atom is 0.244 e. The molecule has 1 spiro atoms. The first-order valence-electron chi connectivity index (χ1n) is 8.24. The molecule has 5 heteroatoms. The molecule has 2 heterocycles. The standard InChI is InChI=1S/C16H26N4O/c1-3-4-11-20-14(13-17-10-12-19(13)2)18-16(15(20)21)8-6-5-7-9-16/h10,12,14,18H,3-9,11H2,1-2H3. The predicted molar refractivity (Wildman–Crippen MR) is 81.5 cm³/mol. The Bertz CT molecular complexity index is 504. The number of aryl methyl sites for hydroxylation is 1. The molecule has 1 saturated heterocycles. The first kappa shape index (κ1) is 14.6. The van der Waals surface area contributed by atoms with Crippen molar-refractivity contribution in [2.24, 2.45) is 7.05 Å². The van der Waals surface area contributed by atoms with Gasteiger partial charge in [0.2, 0.25) is 5.91 Å². The van der Waals surface area contributed by atoms with E-state index in [2.05, 4.69) is 17.2 Å². The van der Waals surface area contributed by atoms with Crippen LogP contribution < -0.4 is 5.32 Å². The van der Waals surface area contributed by atoms with Gasteiger partial charge in [0.1, 0.15) is 12.0 Å². The molecule has 1 saturated carbocycles. The Morgan fingerprint density at radius 2 is 2.14 bits per heavy atom. The molecule has 3 rings (SSSR count). The molecule has 21 heavy (non-hydrogen) atoms. The lowest BCUT2D eigenvalue weighted by Crippen LogP contribution is -2.48. The van der Waals surface area contributed by atoms with E-state index < -0.39 is 0 Å². The van der Waals surface area contributed by atoms with Crippen molar-refractivity contribution >= 4 is 5.91 Å². The van der Waals surface area contributed by atoms with E-state index in [1.54, 1.807) is 0 Å². The SMILES string of the molecule is CCCCN1C(=O)C2(CCCCC2)NC1c1nccn1C. The molecule has 0 aromatic carbocycles. The first-order chi connectivity index (χ1) is 10.2. The van der Waals surface area contributed by atoms with Gasteiger partial charge in [-0.25, -0.2) is 4.98 Å². The van der Waals surface area contributed by atoms with Crippen LogP contribution in [-0.4, -0.2) is 32.4 Å². The minimum atomic E-state index is -0.331. The lowest BCUT2D eigenvalue weighted by molar-refractivity contribution is -0.134. The maximum absolute atomic E-state index is 13.0. The molecular formula is C16H26N4O. The fraction of sp³-hybridized carbons (Fsp3) is 0.750. The fourth-order valence-electron chi connectivity index (χ4n) is 3.71. The van der Waals surface area contributed by atoms with Crippen molar-refractivity contribution < 1.29 is 4.79 Å². The Morgan fingerprint density at radius 1 is 1.38 bits per heavy atom. The third-order valence-electron chi connectivity index (χ3n) is 4.96. The van der Waals surface area contributed by atoms with E-state index in [0.717, 1.165) is 50.9 Å². The molecule has 1 atom stereocenters. The van der Waals surface area contributed by atoms with E-state index in [-0.39, 0.29) is 11.7 Å². The molecule has 1 N–H and O–H groups in total.